The van der Waals surface area contributed by atoms with Gasteiger partial charge in [0.05, 0.1) is 11.6 Å². The molecule has 0 radical (unpaired) electrons. The molecular formula is C17H13F2N3O3. The highest BCUT2D eigenvalue weighted by atomic mass is 19.1. The Bertz CT molecular complexity index is 850. The second kappa shape index (κ2) is 5.97. The molecule has 1 aliphatic rings. The number of benzene rings is 2. The summed E-state index contributed by atoms with van der Waals surface area (Å²) in [6, 6.07) is 10.2. The van der Waals surface area contributed by atoms with Gasteiger partial charge in [0.15, 0.2) is 0 Å². The zero-order valence-electron chi connectivity index (χ0n) is 12.8. The van der Waals surface area contributed by atoms with Gasteiger partial charge in [-0.05, 0) is 29.8 Å². The van der Waals surface area contributed by atoms with Crippen LogP contribution in [0.15, 0.2) is 53.7 Å². The lowest BCUT2D eigenvalue weighted by atomic mass is 9.76. The van der Waals surface area contributed by atoms with Crippen LogP contribution in [-0.4, -0.2) is 23.1 Å². The molecule has 1 aliphatic heterocycles. The van der Waals surface area contributed by atoms with E-state index in [-0.39, 0.29) is 5.71 Å². The first-order chi connectivity index (χ1) is 11.9. The molecule has 1 heterocycles. The lowest BCUT2D eigenvalue weighted by Gasteiger charge is -2.27. The van der Waals surface area contributed by atoms with Gasteiger partial charge in [0.2, 0.25) is 0 Å². The van der Waals surface area contributed by atoms with Crippen molar-refractivity contribution < 1.29 is 23.2 Å². The van der Waals surface area contributed by atoms with E-state index < -0.39 is 35.0 Å². The van der Waals surface area contributed by atoms with E-state index in [1.807, 2.05) is 0 Å². The predicted octanol–water partition coefficient (Wildman–Crippen LogP) is 1.19. The topological polar surface area (TPSA) is 108 Å². The predicted molar refractivity (Wildman–Crippen MR) is 84.3 cm³/mol. The number of rotatable bonds is 4. The van der Waals surface area contributed by atoms with Crippen LogP contribution < -0.4 is 11.5 Å². The minimum atomic E-state index is -2.26. The normalized spacial score (nSPS) is 18.3. The highest BCUT2D eigenvalue weighted by Crippen LogP contribution is 2.40. The molecule has 0 fully saturated rings. The summed E-state index contributed by atoms with van der Waals surface area (Å²) in [5.41, 5.74) is 9.41. The van der Waals surface area contributed by atoms with Crippen LogP contribution in [0.5, 0.6) is 0 Å². The van der Waals surface area contributed by atoms with Crippen molar-refractivity contribution in [3.05, 3.63) is 71.3 Å². The van der Waals surface area contributed by atoms with Gasteiger partial charge in [0.25, 0.3) is 11.8 Å². The molecule has 4 N–H and O–H groups in total. The van der Waals surface area contributed by atoms with Crippen LogP contribution in [0, 0.1) is 11.6 Å². The van der Waals surface area contributed by atoms with Crippen molar-refractivity contribution in [3.8, 4) is 0 Å². The van der Waals surface area contributed by atoms with Crippen LogP contribution in [0.1, 0.15) is 17.0 Å². The number of primary amides is 2. The highest BCUT2D eigenvalue weighted by molar-refractivity contribution is 6.19. The molecule has 2 amide bonds. The minimum absolute atomic E-state index is 0.157. The number of amides is 2. The number of nitrogens with zero attached hydrogens (tertiary/aromatic N) is 1. The van der Waals surface area contributed by atoms with Gasteiger partial charge in [-0.15, -0.1) is 0 Å². The molecule has 3 rings (SSSR count). The quantitative estimate of drug-likeness (QED) is 0.813. The van der Waals surface area contributed by atoms with Crippen molar-refractivity contribution in [1.29, 1.82) is 0 Å². The largest absolute Gasteiger partial charge is 0.367 e. The monoisotopic (exact) mass is 345 g/mol. The zero-order valence-corrected chi connectivity index (χ0v) is 12.8. The molecule has 0 spiro atoms. The second-order valence-electron chi connectivity index (χ2n) is 5.52. The molecule has 2 aromatic carbocycles. The number of oxime groups is 1. The second-order valence-corrected chi connectivity index (χ2v) is 5.52. The van der Waals surface area contributed by atoms with Crippen LogP contribution in [-0.2, 0) is 14.4 Å². The van der Waals surface area contributed by atoms with E-state index >= 15 is 0 Å². The van der Waals surface area contributed by atoms with Crippen LogP contribution in [0.25, 0.3) is 0 Å². The molecule has 1 atom stereocenters. The Kier molecular flexibility index (Phi) is 3.96. The molecule has 0 saturated heterocycles. The average Bonchev–Trinajstić information content (AvgIpc) is 2.98. The van der Waals surface area contributed by atoms with E-state index in [1.54, 1.807) is 0 Å². The highest BCUT2D eigenvalue weighted by Gasteiger charge is 2.59. The third kappa shape index (κ3) is 2.61. The molecular weight excluding hydrogens is 332 g/mol. The summed E-state index contributed by atoms with van der Waals surface area (Å²) < 4.78 is 26.4. The van der Waals surface area contributed by atoms with Gasteiger partial charge in [0.1, 0.15) is 11.6 Å². The molecule has 6 nitrogen and oxygen atoms in total. The van der Waals surface area contributed by atoms with Crippen molar-refractivity contribution in [2.75, 3.05) is 0 Å². The summed E-state index contributed by atoms with van der Waals surface area (Å²) >= 11 is 0. The van der Waals surface area contributed by atoms with Gasteiger partial charge in [0, 0.05) is 5.56 Å². The molecule has 128 valence electrons. The van der Waals surface area contributed by atoms with E-state index in [9.17, 15) is 18.4 Å². The van der Waals surface area contributed by atoms with E-state index in [2.05, 4.69) is 5.16 Å². The van der Waals surface area contributed by atoms with Crippen molar-refractivity contribution in [1.82, 2.24) is 0 Å². The van der Waals surface area contributed by atoms with Crippen molar-refractivity contribution in [2.45, 2.75) is 11.5 Å². The fourth-order valence-corrected chi connectivity index (χ4v) is 2.80. The Morgan fingerprint density at radius 3 is 1.88 bits per heavy atom. The number of hydrogen-bond acceptors (Lipinski definition) is 4. The fourth-order valence-electron chi connectivity index (χ4n) is 2.80. The van der Waals surface area contributed by atoms with E-state index in [0.29, 0.717) is 11.1 Å². The van der Waals surface area contributed by atoms with E-state index in [1.165, 1.54) is 36.4 Å². The summed E-state index contributed by atoms with van der Waals surface area (Å²) in [5.74, 6) is -4.34. The van der Waals surface area contributed by atoms with Gasteiger partial charge in [-0.25, -0.2) is 8.78 Å². The first-order valence-corrected chi connectivity index (χ1v) is 7.23. The standard InChI is InChI=1S/C17H13F2N3O3/c18-11-5-1-9(2-6-11)13-14(10-3-7-12(19)8-4-10)22-25-17(13,15(20)23)16(21)24/h1-8,13H,(H2,20,23)(H2,21,24). The summed E-state index contributed by atoms with van der Waals surface area (Å²) in [7, 11) is 0. The molecule has 0 bridgehead atoms. The van der Waals surface area contributed by atoms with Gasteiger partial charge in [-0.2, -0.15) is 0 Å². The Labute approximate surface area is 141 Å². The third-order valence-corrected chi connectivity index (χ3v) is 4.04. The van der Waals surface area contributed by atoms with Crippen molar-refractivity contribution in [2.24, 2.45) is 16.6 Å². The third-order valence-electron chi connectivity index (χ3n) is 4.04. The van der Waals surface area contributed by atoms with Crippen LogP contribution in [0.4, 0.5) is 8.78 Å². The number of carbonyl (C=O) groups excluding carboxylic acids is 2. The summed E-state index contributed by atoms with van der Waals surface area (Å²) in [6.07, 6.45) is 0. The molecule has 1 unspecified atom stereocenters. The summed E-state index contributed by atoms with van der Waals surface area (Å²) in [4.78, 5) is 29.2. The first-order valence-electron chi connectivity index (χ1n) is 7.23. The van der Waals surface area contributed by atoms with Gasteiger partial charge in [-0.3, -0.25) is 9.59 Å². The number of hydrogen-bond donors (Lipinski definition) is 2. The van der Waals surface area contributed by atoms with Crippen LogP contribution in [0.3, 0.4) is 0 Å². The summed E-state index contributed by atoms with van der Waals surface area (Å²) in [6.45, 7) is 0. The Morgan fingerprint density at radius 2 is 1.40 bits per heavy atom. The van der Waals surface area contributed by atoms with Crippen molar-refractivity contribution in [3.63, 3.8) is 0 Å². The van der Waals surface area contributed by atoms with Gasteiger partial charge in [-0.1, -0.05) is 29.4 Å². The van der Waals surface area contributed by atoms with Crippen LogP contribution in [0.2, 0.25) is 0 Å². The number of halogens is 2. The smallest absolute Gasteiger partial charge is 0.303 e. The molecule has 8 heteroatoms. The SMILES string of the molecule is NC(=O)C1(C(N)=O)ON=C(c2ccc(F)cc2)C1c1ccc(F)cc1. The Hall–Kier alpha value is -3.29. The molecule has 0 aromatic heterocycles. The maximum absolute atomic E-state index is 13.3. The van der Waals surface area contributed by atoms with E-state index in [0.717, 1.165) is 12.1 Å². The van der Waals surface area contributed by atoms with E-state index in [4.69, 9.17) is 16.3 Å². The molecule has 25 heavy (non-hydrogen) atoms. The molecule has 2 aromatic rings. The minimum Gasteiger partial charge on any atom is -0.367 e. The van der Waals surface area contributed by atoms with Gasteiger partial charge >= 0.3 is 5.60 Å². The Balaban J connectivity index is 2.18. The number of carbonyl (C=O) groups is 2. The van der Waals surface area contributed by atoms with Gasteiger partial charge < -0.3 is 16.3 Å². The number of nitrogens with two attached hydrogens (primary N) is 2. The lowest BCUT2D eigenvalue weighted by Crippen LogP contribution is -2.58. The fraction of sp³-hybridized carbons (Fsp3) is 0.118. The van der Waals surface area contributed by atoms with Crippen molar-refractivity contribution >= 4 is 17.5 Å². The maximum atomic E-state index is 13.3. The molecule has 0 saturated carbocycles. The average molecular weight is 345 g/mol. The molecule has 0 aliphatic carbocycles. The zero-order chi connectivity index (χ0) is 18.2. The van der Waals surface area contributed by atoms with Crippen LogP contribution >= 0.6 is 0 Å². The maximum Gasteiger partial charge on any atom is 0.303 e. The first kappa shape index (κ1) is 16.6. The lowest BCUT2D eigenvalue weighted by molar-refractivity contribution is -0.155. The Morgan fingerprint density at radius 1 is 0.920 bits per heavy atom. The summed E-state index contributed by atoms with van der Waals surface area (Å²) in [5, 5.41) is 3.81.